The molecule has 50 heavy (non-hydrogen) atoms. The smallest absolute Gasteiger partial charge is 0.302 e. The quantitative estimate of drug-likeness (QED) is 0.139. The van der Waals surface area contributed by atoms with Crippen LogP contribution < -0.4 is 0 Å². The summed E-state index contributed by atoms with van der Waals surface area (Å²) in [7, 11) is -4.25. The van der Waals surface area contributed by atoms with Crippen LogP contribution in [0.2, 0.25) is 36.3 Å². The molecule has 4 aliphatic rings. The number of aliphatic hydroxyl groups is 2. The molecule has 4 fully saturated rings. The van der Waals surface area contributed by atoms with Crippen LogP contribution in [0.5, 0.6) is 0 Å². The van der Waals surface area contributed by atoms with E-state index in [-0.39, 0.29) is 80.7 Å². The first-order valence-corrected chi connectivity index (χ1v) is 26.0. The number of allylic oxidation sites excluding steroid dienone is 2. The third kappa shape index (κ3) is 7.69. The Kier molecular flexibility index (Phi) is 12.1. The van der Waals surface area contributed by atoms with E-state index in [1.807, 2.05) is 0 Å². The maximum absolute atomic E-state index is 12.7. The van der Waals surface area contributed by atoms with Gasteiger partial charge in [0, 0.05) is 25.0 Å². The number of hydrogen-bond acceptors (Lipinski definition) is 6. The van der Waals surface area contributed by atoms with Crippen LogP contribution in [0, 0.1) is 58.2 Å². The van der Waals surface area contributed by atoms with Crippen molar-refractivity contribution in [2.45, 2.75) is 189 Å². The predicted molar refractivity (Wildman–Crippen MR) is 211 cm³/mol. The van der Waals surface area contributed by atoms with Crippen LogP contribution in [0.25, 0.3) is 0 Å². The molecular weight excluding hydrogens is 657 g/mol. The van der Waals surface area contributed by atoms with Crippen molar-refractivity contribution < 1.29 is 28.6 Å². The standard InChI is InChI=1S/C42H78O6Si2/c1-25(2)26(3)18-19-27(4)35-32(46-28(5)43)23-30-34-36(33(24-42(30,35)13)48-50(16,17)40(9,10)11)41(12)21-20-29(22-31(41)37(44)38(34)45)47-49(14,15)39(6,7)8/h18-19,25-27,29-38,44-45H,20-24H2,1-17H3/b19-18+/t26-,27+,29-,30-,31+,32-,33-,34-,35-,36-,37+,38+,41-,42-/m0/s1. The number of aliphatic hydroxyl groups excluding tert-OH is 2. The summed E-state index contributed by atoms with van der Waals surface area (Å²) in [5, 5.41) is 24.9. The van der Waals surface area contributed by atoms with Crippen LogP contribution in [0.4, 0.5) is 0 Å². The van der Waals surface area contributed by atoms with Crippen molar-refractivity contribution in [2.24, 2.45) is 58.2 Å². The SMILES string of the molecule is CC(=O)O[C@H]1C[C@H]2[C@@H]3[C@@H](O)[C@H](O)[C@H]4C[C@@H](O[Si](C)(C)C(C)(C)C)CC[C@]4(C)[C@H]3[C@@H](O[Si](C)(C)C(C)(C)C)C[C@]2(C)[C@H]1[C@H](C)/C=C/[C@H](C)C(C)C. The average molecular weight is 735 g/mol. The lowest BCUT2D eigenvalue weighted by molar-refractivity contribution is -0.246. The van der Waals surface area contributed by atoms with Gasteiger partial charge in [-0.15, -0.1) is 0 Å². The van der Waals surface area contributed by atoms with Gasteiger partial charge in [-0.05, 0) is 121 Å². The molecule has 4 saturated carbocycles. The molecule has 0 aliphatic heterocycles. The highest BCUT2D eigenvalue weighted by Crippen LogP contribution is 2.70. The van der Waals surface area contributed by atoms with E-state index in [0.717, 1.165) is 25.7 Å². The van der Waals surface area contributed by atoms with Crippen molar-refractivity contribution in [3.05, 3.63) is 12.2 Å². The summed E-state index contributed by atoms with van der Waals surface area (Å²) >= 11 is 0. The summed E-state index contributed by atoms with van der Waals surface area (Å²) < 4.78 is 20.9. The first-order chi connectivity index (χ1) is 22.6. The zero-order chi connectivity index (χ0) is 38.2. The number of ether oxygens (including phenoxy) is 1. The molecule has 0 radical (unpaired) electrons. The third-order valence-corrected chi connectivity index (χ3v) is 24.9. The van der Waals surface area contributed by atoms with E-state index < -0.39 is 28.8 Å². The molecule has 0 heterocycles. The number of esters is 1. The van der Waals surface area contributed by atoms with Crippen LogP contribution >= 0.6 is 0 Å². The second-order valence-electron chi connectivity index (χ2n) is 21.5. The van der Waals surface area contributed by atoms with Crippen LogP contribution in [-0.4, -0.2) is 63.3 Å². The van der Waals surface area contributed by atoms with Crippen LogP contribution in [0.1, 0.15) is 122 Å². The Morgan fingerprint density at radius 3 is 1.88 bits per heavy atom. The summed E-state index contributed by atoms with van der Waals surface area (Å²) in [6, 6.07) is 0. The molecule has 4 rings (SSSR count). The molecule has 290 valence electrons. The minimum Gasteiger partial charge on any atom is -0.462 e. The van der Waals surface area contributed by atoms with Crippen molar-refractivity contribution in [3.63, 3.8) is 0 Å². The molecule has 8 heteroatoms. The number of fused-ring (bicyclic) bond motifs is 5. The molecule has 0 aromatic carbocycles. The topological polar surface area (TPSA) is 85.2 Å². The summed E-state index contributed by atoms with van der Waals surface area (Å²) in [6.07, 6.45) is 7.08. The van der Waals surface area contributed by atoms with E-state index in [1.54, 1.807) is 0 Å². The van der Waals surface area contributed by atoms with Crippen molar-refractivity contribution in [1.29, 1.82) is 0 Å². The maximum Gasteiger partial charge on any atom is 0.302 e. The second kappa shape index (κ2) is 14.3. The van der Waals surface area contributed by atoms with Crippen molar-refractivity contribution in [1.82, 2.24) is 0 Å². The number of carbonyl (C=O) groups excluding carboxylic acids is 1. The minimum atomic E-state index is -2.24. The van der Waals surface area contributed by atoms with Crippen molar-refractivity contribution >= 4 is 22.6 Å². The Morgan fingerprint density at radius 2 is 1.36 bits per heavy atom. The maximum atomic E-state index is 12.7. The lowest BCUT2D eigenvalue weighted by Crippen LogP contribution is -2.69. The molecule has 2 N–H and O–H groups in total. The molecule has 0 amide bonds. The molecule has 0 aromatic heterocycles. The first kappa shape index (κ1) is 42.2. The minimum absolute atomic E-state index is 0.0282. The largest absolute Gasteiger partial charge is 0.462 e. The average Bonchev–Trinajstić information content (AvgIpc) is 3.23. The lowest BCUT2D eigenvalue weighted by Gasteiger charge is -2.66. The van der Waals surface area contributed by atoms with E-state index in [1.165, 1.54) is 6.92 Å². The van der Waals surface area contributed by atoms with Crippen LogP contribution in [-0.2, 0) is 18.4 Å². The fraction of sp³-hybridized carbons (Fsp3) is 0.929. The van der Waals surface area contributed by atoms with E-state index in [4.69, 9.17) is 13.6 Å². The molecule has 0 unspecified atom stereocenters. The summed E-state index contributed by atoms with van der Waals surface area (Å²) in [6.45, 7) is 38.6. The molecule has 0 aromatic rings. The molecule has 6 nitrogen and oxygen atoms in total. The second-order valence-corrected chi connectivity index (χ2v) is 31.0. The van der Waals surface area contributed by atoms with Gasteiger partial charge >= 0.3 is 5.97 Å². The van der Waals surface area contributed by atoms with Crippen LogP contribution in [0.15, 0.2) is 12.2 Å². The lowest BCUT2D eigenvalue weighted by atomic mass is 9.42. The fourth-order valence-corrected chi connectivity index (χ4v) is 13.4. The molecule has 14 atom stereocenters. The normalized spacial score (nSPS) is 41.0. The Balaban J connectivity index is 1.82. The van der Waals surface area contributed by atoms with E-state index in [0.29, 0.717) is 18.3 Å². The highest BCUT2D eigenvalue weighted by Gasteiger charge is 2.70. The molecule has 0 spiro atoms. The molecule has 0 bridgehead atoms. The fourth-order valence-electron chi connectivity index (χ4n) is 10.7. The Morgan fingerprint density at radius 1 is 0.800 bits per heavy atom. The van der Waals surface area contributed by atoms with Gasteiger partial charge < -0.3 is 23.8 Å². The summed E-state index contributed by atoms with van der Waals surface area (Å²) in [4.78, 5) is 12.7. The first-order valence-electron chi connectivity index (χ1n) is 20.2. The highest BCUT2D eigenvalue weighted by atomic mass is 28.4. The van der Waals surface area contributed by atoms with E-state index >= 15 is 0 Å². The Bertz CT molecular complexity index is 1230. The Hall–Kier alpha value is -0.516. The van der Waals surface area contributed by atoms with Crippen LogP contribution in [0.3, 0.4) is 0 Å². The summed E-state index contributed by atoms with van der Waals surface area (Å²) in [5.41, 5.74) is -0.454. The van der Waals surface area contributed by atoms with Gasteiger partial charge in [0.25, 0.3) is 0 Å². The van der Waals surface area contributed by atoms with Gasteiger partial charge in [-0.3, -0.25) is 4.79 Å². The highest BCUT2D eigenvalue weighted by molar-refractivity contribution is 6.74. The molecule has 0 saturated heterocycles. The van der Waals surface area contributed by atoms with Crippen molar-refractivity contribution in [2.75, 3.05) is 0 Å². The van der Waals surface area contributed by atoms with Gasteiger partial charge in [-0.25, -0.2) is 0 Å². The van der Waals surface area contributed by atoms with Gasteiger partial charge in [0.2, 0.25) is 0 Å². The summed E-state index contributed by atoms with van der Waals surface area (Å²) in [5.74, 6) is 0.990. The van der Waals surface area contributed by atoms with E-state index in [2.05, 4.69) is 121 Å². The predicted octanol–water partition coefficient (Wildman–Crippen LogP) is 10.0. The zero-order valence-electron chi connectivity index (χ0n) is 35.2. The molecule has 4 aliphatic carbocycles. The Labute approximate surface area is 309 Å². The van der Waals surface area contributed by atoms with Gasteiger partial charge in [0.15, 0.2) is 16.6 Å². The zero-order valence-corrected chi connectivity index (χ0v) is 37.2. The van der Waals surface area contributed by atoms with Gasteiger partial charge in [-0.1, -0.05) is 95.2 Å². The molecular formula is C42H78O6Si2. The number of rotatable bonds is 9. The van der Waals surface area contributed by atoms with Gasteiger partial charge in [0.05, 0.1) is 12.2 Å². The number of carbonyl (C=O) groups is 1. The number of hydrogen-bond donors (Lipinski definition) is 2. The van der Waals surface area contributed by atoms with E-state index in [9.17, 15) is 15.0 Å². The third-order valence-electron chi connectivity index (χ3n) is 15.9. The van der Waals surface area contributed by atoms with Crippen molar-refractivity contribution in [3.8, 4) is 0 Å². The van der Waals surface area contributed by atoms with Gasteiger partial charge in [0.1, 0.15) is 6.10 Å². The van der Waals surface area contributed by atoms with Gasteiger partial charge in [-0.2, -0.15) is 0 Å². The monoisotopic (exact) mass is 735 g/mol.